The van der Waals surface area contributed by atoms with Gasteiger partial charge in [0.05, 0.1) is 0 Å². The van der Waals surface area contributed by atoms with Crippen molar-refractivity contribution in [2.75, 3.05) is 0 Å². The smallest absolute Gasteiger partial charge is 0.359 e. The molecule has 0 amide bonds. The van der Waals surface area contributed by atoms with Crippen LogP contribution in [0, 0.1) is 0 Å². The van der Waals surface area contributed by atoms with Gasteiger partial charge in [-0.05, 0) is 18.2 Å². The third kappa shape index (κ3) is 2.69. The van der Waals surface area contributed by atoms with Gasteiger partial charge in [-0.15, -0.1) is 0 Å². The van der Waals surface area contributed by atoms with E-state index >= 15 is 0 Å². The molecule has 0 saturated heterocycles. The van der Waals surface area contributed by atoms with Crippen molar-refractivity contribution in [2.24, 2.45) is 7.05 Å². The van der Waals surface area contributed by atoms with Crippen LogP contribution in [0.5, 0.6) is 0 Å². The van der Waals surface area contributed by atoms with E-state index in [1.807, 2.05) is 30.3 Å². The molecule has 3 rings (SSSR count). The standard InChI is InChI=1S/C15H12N2O4/c1-17-14(18)7-6-12(16-17)15(19)20-9-11-8-10-4-2-3-5-13(10)21-11/h2-8H,9H2,1H3. The molecule has 0 N–H and O–H groups in total. The number of hydrogen-bond acceptors (Lipinski definition) is 5. The minimum absolute atomic E-state index is 0.0119. The number of carbonyl (C=O) groups excluding carboxylic acids is 1. The Morgan fingerprint density at radius 2 is 2.10 bits per heavy atom. The monoisotopic (exact) mass is 284 g/mol. The van der Waals surface area contributed by atoms with E-state index in [2.05, 4.69) is 5.10 Å². The molecule has 0 saturated carbocycles. The minimum Gasteiger partial charge on any atom is -0.457 e. The summed E-state index contributed by atoms with van der Waals surface area (Å²) in [4.78, 5) is 23.1. The number of benzene rings is 1. The van der Waals surface area contributed by atoms with E-state index in [4.69, 9.17) is 9.15 Å². The first-order valence-corrected chi connectivity index (χ1v) is 6.32. The number of para-hydroxylation sites is 1. The molecule has 0 aliphatic heterocycles. The first-order valence-electron chi connectivity index (χ1n) is 6.32. The van der Waals surface area contributed by atoms with Crippen LogP contribution in [0.15, 0.2) is 51.7 Å². The van der Waals surface area contributed by atoms with Crippen LogP contribution in [0.2, 0.25) is 0 Å². The molecular weight excluding hydrogens is 272 g/mol. The van der Waals surface area contributed by atoms with Crippen molar-refractivity contribution >= 4 is 16.9 Å². The number of fused-ring (bicyclic) bond motifs is 1. The first-order chi connectivity index (χ1) is 10.1. The quantitative estimate of drug-likeness (QED) is 0.686. The number of furan rings is 1. The topological polar surface area (TPSA) is 74.3 Å². The molecule has 21 heavy (non-hydrogen) atoms. The highest BCUT2D eigenvalue weighted by Crippen LogP contribution is 2.19. The number of hydrogen-bond donors (Lipinski definition) is 0. The second-order valence-electron chi connectivity index (χ2n) is 4.51. The van der Waals surface area contributed by atoms with Crippen LogP contribution in [0.3, 0.4) is 0 Å². The number of aryl methyl sites for hydroxylation is 1. The van der Waals surface area contributed by atoms with E-state index in [1.54, 1.807) is 0 Å². The highest BCUT2D eigenvalue weighted by Gasteiger charge is 2.12. The van der Waals surface area contributed by atoms with Crippen molar-refractivity contribution in [1.82, 2.24) is 9.78 Å². The summed E-state index contributed by atoms with van der Waals surface area (Å²) in [6.45, 7) is 0.0119. The Hall–Kier alpha value is -2.89. The second kappa shape index (κ2) is 5.24. The van der Waals surface area contributed by atoms with Crippen LogP contribution < -0.4 is 5.56 Å². The number of nitrogens with zero attached hydrogens (tertiary/aromatic N) is 2. The largest absolute Gasteiger partial charge is 0.457 e. The number of esters is 1. The SMILES string of the molecule is Cn1nc(C(=O)OCc2cc3ccccc3o2)ccc1=O. The molecule has 6 heteroatoms. The summed E-state index contributed by atoms with van der Waals surface area (Å²) in [5.74, 6) is -0.0552. The van der Waals surface area contributed by atoms with Gasteiger partial charge in [-0.3, -0.25) is 4.79 Å². The lowest BCUT2D eigenvalue weighted by Crippen LogP contribution is -2.21. The zero-order chi connectivity index (χ0) is 14.8. The molecule has 0 unspecified atom stereocenters. The summed E-state index contributed by atoms with van der Waals surface area (Å²) in [7, 11) is 1.47. The Kier molecular flexibility index (Phi) is 3.27. The molecular formula is C15H12N2O4. The minimum atomic E-state index is -0.606. The van der Waals surface area contributed by atoms with Gasteiger partial charge in [-0.1, -0.05) is 18.2 Å². The Balaban J connectivity index is 1.73. The van der Waals surface area contributed by atoms with Gasteiger partial charge in [0.25, 0.3) is 5.56 Å². The van der Waals surface area contributed by atoms with E-state index in [0.717, 1.165) is 15.7 Å². The van der Waals surface area contributed by atoms with Crippen LogP contribution >= 0.6 is 0 Å². The van der Waals surface area contributed by atoms with Gasteiger partial charge in [0.1, 0.15) is 18.0 Å². The highest BCUT2D eigenvalue weighted by atomic mass is 16.5. The van der Waals surface area contributed by atoms with Crippen LogP contribution in [0.1, 0.15) is 16.2 Å². The van der Waals surface area contributed by atoms with Crippen LogP contribution in [0.25, 0.3) is 11.0 Å². The zero-order valence-corrected chi connectivity index (χ0v) is 11.3. The molecule has 2 heterocycles. The zero-order valence-electron chi connectivity index (χ0n) is 11.3. The fraction of sp³-hybridized carbons (Fsp3) is 0.133. The average molecular weight is 284 g/mol. The number of aromatic nitrogens is 2. The third-order valence-corrected chi connectivity index (χ3v) is 2.99. The fourth-order valence-corrected chi connectivity index (χ4v) is 1.93. The van der Waals surface area contributed by atoms with Gasteiger partial charge in [0.2, 0.25) is 0 Å². The molecule has 0 fully saturated rings. The number of carbonyl (C=O) groups is 1. The van der Waals surface area contributed by atoms with Crippen molar-refractivity contribution in [3.8, 4) is 0 Å². The lowest BCUT2D eigenvalue weighted by molar-refractivity contribution is 0.0437. The predicted molar refractivity (Wildman–Crippen MR) is 74.8 cm³/mol. The summed E-state index contributed by atoms with van der Waals surface area (Å²) in [5.41, 5.74) is 0.529. The third-order valence-electron chi connectivity index (χ3n) is 2.99. The maximum absolute atomic E-state index is 11.9. The molecule has 0 aliphatic carbocycles. The maximum atomic E-state index is 11.9. The Morgan fingerprint density at radius 1 is 1.29 bits per heavy atom. The predicted octanol–water partition coefficient (Wildman–Crippen LogP) is 1.88. The molecule has 0 atom stereocenters. The van der Waals surface area contributed by atoms with E-state index in [-0.39, 0.29) is 17.9 Å². The first kappa shape index (κ1) is 13.1. The Bertz CT molecular complexity index is 830. The second-order valence-corrected chi connectivity index (χ2v) is 4.51. The summed E-state index contributed by atoms with van der Waals surface area (Å²) >= 11 is 0. The molecule has 0 spiro atoms. The highest BCUT2D eigenvalue weighted by molar-refractivity contribution is 5.87. The molecule has 1 aromatic carbocycles. The van der Waals surface area contributed by atoms with Gasteiger partial charge in [0, 0.05) is 18.5 Å². The van der Waals surface area contributed by atoms with Gasteiger partial charge >= 0.3 is 5.97 Å². The summed E-state index contributed by atoms with van der Waals surface area (Å²) in [6.07, 6.45) is 0. The van der Waals surface area contributed by atoms with Gasteiger partial charge in [-0.2, -0.15) is 5.10 Å². The Labute approximate surface area is 119 Å². The van der Waals surface area contributed by atoms with Gasteiger partial charge < -0.3 is 9.15 Å². The van der Waals surface area contributed by atoms with Crippen molar-refractivity contribution < 1.29 is 13.9 Å². The molecule has 0 aliphatic rings. The molecule has 3 aromatic rings. The van der Waals surface area contributed by atoms with Crippen LogP contribution in [-0.2, 0) is 18.4 Å². The summed E-state index contributed by atoms with van der Waals surface area (Å²) in [6, 6.07) is 12.0. The van der Waals surface area contributed by atoms with Crippen LogP contribution in [-0.4, -0.2) is 15.7 Å². The van der Waals surface area contributed by atoms with Crippen molar-refractivity contribution in [2.45, 2.75) is 6.61 Å². The van der Waals surface area contributed by atoms with Crippen molar-refractivity contribution in [1.29, 1.82) is 0 Å². The fourth-order valence-electron chi connectivity index (χ4n) is 1.93. The van der Waals surface area contributed by atoms with Crippen molar-refractivity contribution in [3.63, 3.8) is 0 Å². The van der Waals surface area contributed by atoms with E-state index in [9.17, 15) is 9.59 Å². The molecule has 2 aromatic heterocycles. The Morgan fingerprint density at radius 3 is 2.86 bits per heavy atom. The van der Waals surface area contributed by atoms with Crippen molar-refractivity contribution in [3.05, 3.63) is 64.3 Å². The summed E-state index contributed by atoms with van der Waals surface area (Å²) < 4.78 is 11.8. The van der Waals surface area contributed by atoms with Crippen LogP contribution in [0.4, 0.5) is 0 Å². The average Bonchev–Trinajstić information content (AvgIpc) is 2.90. The lowest BCUT2D eigenvalue weighted by Gasteiger charge is -2.03. The summed E-state index contributed by atoms with van der Waals surface area (Å²) in [5, 5.41) is 4.77. The number of ether oxygens (including phenoxy) is 1. The normalized spacial score (nSPS) is 10.7. The van der Waals surface area contributed by atoms with E-state index in [1.165, 1.54) is 19.2 Å². The lowest BCUT2D eigenvalue weighted by atomic mass is 10.2. The van der Waals surface area contributed by atoms with E-state index in [0.29, 0.717) is 5.76 Å². The van der Waals surface area contributed by atoms with E-state index < -0.39 is 5.97 Å². The molecule has 106 valence electrons. The van der Waals surface area contributed by atoms with Gasteiger partial charge in [-0.25, -0.2) is 9.48 Å². The van der Waals surface area contributed by atoms with Gasteiger partial charge in [0.15, 0.2) is 5.69 Å². The maximum Gasteiger partial charge on any atom is 0.359 e. The molecule has 6 nitrogen and oxygen atoms in total. The molecule has 0 radical (unpaired) electrons. The molecule has 0 bridgehead atoms. The number of rotatable bonds is 3.